The molecule has 210 valence electrons. The van der Waals surface area contributed by atoms with Gasteiger partial charge in [0, 0.05) is 35.5 Å². The summed E-state index contributed by atoms with van der Waals surface area (Å²) in [6.45, 7) is 9.70. The number of imidazole rings is 1. The maximum atomic E-state index is 12.4. The van der Waals surface area contributed by atoms with Crippen molar-refractivity contribution < 1.29 is 9.32 Å². The van der Waals surface area contributed by atoms with Crippen LogP contribution in [0.2, 0.25) is 0 Å². The predicted octanol–water partition coefficient (Wildman–Crippen LogP) is 7.60. The smallest absolute Gasteiger partial charge is 0.324 e. The third-order valence-electron chi connectivity index (χ3n) is 7.25. The Kier molecular flexibility index (Phi) is 8.16. The Bertz CT molecular complexity index is 1610. The number of urea groups is 1. The minimum Gasteiger partial charge on any atom is -0.359 e. The number of rotatable bonds is 6. The minimum absolute atomic E-state index is 0. The summed E-state index contributed by atoms with van der Waals surface area (Å²) in [5.74, 6) is 1.09. The highest BCUT2D eigenvalue weighted by atomic mass is 35.5. The molecule has 3 aromatic heterocycles. The fourth-order valence-electron chi connectivity index (χ4n) is 5.00. The number of carbonyl (C=O) groups is 1. The summed E-state index contributed by atoms with van der Waals surface area (Å²) >= 11 is 1.73. The molecule has 0 unspecified atom stereocenters. The quantitative estimate of drug-likeness (QED) is 0.217. The van der Waals surface area contributed by atoms with Gasteiger partial charge in [0.25, 0.3) is 0 Å². The molecular formula is C30H35ClN6O2S. The number of amides is 2. The molecule has 10 heteroatoms. The Balaban J connectivity index is 0.00000323. The fourth-order valence-corrected chi connectivity index (χ4v) is 6.07. The van der Waals surface area contributed by atoms with Crippen LogP contribution in [0.5, 0.6) is 0 Å². The van der Waals surface area contributed by atoms with Crippen LogP contribution in [0.1, 0.15) is 51.4 Å². The number of piperidine rings is 1. The van der Waals surface area contributed by atoms with E-state index in [1.54, 1.807) is 17.4 Å². The van der Waals surface area contributed by atoms with E-state index >= 15 is 0 Å². The van der Waals surface area contributed by atoms with Crippen LogP contribution in [0.4, 0.5) is 16.3 Å². The van der Waals surface area contributed by atoms with E-state index in [9.17, 15) is 4.79 Å². The van der Waals surface area contributed by atoms with Gasteiger partial charge < -0.3 is 14.7 Å². The number of hydrogen-bond acceptors (Lipinski definition) is 6. The van der Waals surface area contributed by atoms with Crippen molar-refractivity contribution in [3.8, 4) is 11.3 Å². The topological polar surface area (TPSA) is 87.7 Å². The van der Waals surface area contributed by atoms with Gasteiger partial charge in [-0.15, -0.1) is 12.4 Å². The van der Waals surface area contributed by atoms with Crippen LogP contribution in [0.15, 0.2) is 59.3 Å². The van der Waals surface area contributed by atoms with Crippen molar-refractivity contribution in [1.82, 2.24) is 19.4 Å². The Morgan fingerprint density at radius 3 is 2.52 bits per heavy atom. The number of nitrogens with one attached hydrogen (secondary N) is 2. The van der Waals surface area contributed by atoms with Gasteiger partial charge in [-0.2, -0.15) is 0 Å². The van der Waals surface area contributed by atoms with Crippen LogP contribution in [-0.4, -0.2) is 45.1 Å². The third kappa shape index (κ3) is 6.16. The van der Waals surface area contributed by atoms with Gasteiger partial charge in [0.05, 0.1) is 15.9 Å². The van der Waals surface area contributed by atoms with Crippen LogP contribution < -0.4 is 10.6 Å². The van der Waals surface area contributed by atoms with Gasteiger partial charge in [0.2, 0.25) is 0 Å². The lowest BCUT2D eigenvalue weighted by Gasteiger charge is -2.26. The summed E-state index contributed by atoms with van der Waals surface area (Å²) in [6.07, 6.45) is 7.23. The zero-order valence-corrected chi connectivity index (χ0v) is 24.7. The van der Waals surface area contributed by atoms with Gasteiger partial charge in [-0.1, -0.05) is 61.9 Å². The summed E-state index contributed by atoms with van der Waals surface area (Å²) in [5.41, 5.74) is 4.98. The molecule has 0 bridgehead atoms. The number of aromatic nitrogens is 3. The first-order valence-corrected chi connectivity index (χ1v) is 14.4. The first kappa shape index (κ1) is 28.1. The van der Waals surface area contributed by atoms with Crippen LogP contribution in [0.25, 0.3) is 26.4 Å². The first-order chi connectivity index (χ1) is 18.8. The summed E-state index contributed by atoms with van der Waals surface area (Å²) in [5, 5.41) is 9.49. The molecule has 6 rings (SSSR count). The SMILES string of the molecule is CC(C)(C)c1cc(NC(=O)Nc2ccc(-c3cn4c(n3)sc3cc(CCN5CCCCC5)ccc34)cc2)no1.Cl. The molecule has 8 nitrogen and oxygen atoms in total. The monoisotopic (exact) mass is 578 g/mol. The summed E-state index contributed by atoms with van der Waals surface area (Å²) in [4.78, 5) is 20.9. The number of likely N-dealkylation sites (tertiary alicyclic amines) is 1. The highest BCUT2D eigenvalue weighted by Crippen LogP contribution is 2.31. The van der Waals surface area contributed by atoms with Crippen molar-refractivity contribution in [2.45, 2.75) is 51.9 Å². The summed E-state index contributed by atoms with van der Waals surface area (Å²) in [6, 6.07) is 15.9. The zero-order chi connectivity index (χ0) is 27.0. The molecule has 1 fully saturated rings. The maximum absolute atomic E-state index is 12.4. The van der Waals surface area contributed by atoms with E-state index in [2.05, 4.69) is 49.5 Å². The molecule has 40 heavy (non-hydrogen) atoms. The average molecular weight is 579 g/mol. The van der Waals surface area contributed by atoms with Crippen molar-refractivity contribution >= 4 is 56.5 Å². The Morgan fingerprint density at radius 1 is 1.02 bits per heavy atom. The van der Waals surface area contributed by atoms with Crippen LogP contribution in [0.3, 0.4) is 0 Å². The van der Waals surface area contributed by atoms with E-state index in [-0.39, 0.29) is 23.9 Å². The second-order valence-electron chi connectivity index (χ2n) is 11.3. The van der Waals surface area contributed by atoms with E-state index < -0.39 is 0 Å². The lowest BCUT2D eigenvalue weighted by molar-refractivity contribution is 0.231. The van der Waals surface area contributed by atoms with Crippen LogP contribution in [0, 0.1) is 0 Å². The van der Waals surface area contributed by atoms with E-state index in [1.165, 1.54) is 48.1 Å². The lowest BCUT2D eigenvalue weighted by atomic mass is 9.93. The number of anilines is 2. The van der Waals surface area contributed by atoms with Gasteiger partial charge in [0.15, 0.2) is 10.8 Å². The molecule has 2 aromatic carbocycles. The molecule has 0 radical (unpaired) electrons. The highest BCUT2D eigenvalue weighted by Gasteiger charge is 2.20. The molecule has 1 aliphatic heterocycles. The number of halogens is 1. The number of fused-ring (bicyclic) bond motifs is 3. The van der Waals surface area contributed by atoms with Crippen molar-refractivity contribution in [3.63, 3.8) is 0 Å². The Morgan fingerprint density at radius 2 is 1.80 bits per heavy atom. The van der Waals surface area contributed by atoms with E-state index in [0.29, 0.717) is 17.3 Å². The Labute approximate surface area is 244 Å². The van der Waals surface area contributed by atoms with Crippen molar-refractivity contribution in [1.29, 1.82) is 0 Å². The van der Waals surface area contributed by atoms with E-state index in [0.717, 1.165) is 29.2 Å². The molecule has 2 amide bonds. The molecule has 4 heterocycles. The van der Waals surface area contributed by atoms with Gasteiger partial charge in [-0.25, -0.2) is 9.78 Å². The van der Waals surface area contributed by atoms with Gasteiger partial charge in [-0.05, 0) is 62.2 Å². The molecule has 2 N–H and O–H groups in total. The molecule has 0 atom stereocenters. The second-order valence-corrected chi connectivity index (χ2v) is 12.3. The molecule has 0 spiro atoms. The number of benzene rings is 2. The standard InChI is InChI=1S/C30H34N6O2S.ClH/c1-30(2,3)26-18-27(34-38-26)33-28(37)31-22-10-8-21(9-11-22)23-19-36-24-12-7-20(17-25(24)39-29(36)32-23)13-16-35-14-5-4-6-15-35;/h7-12,17-19H,4-6,13-16H2,1-3H3,(H2,31,33,34,37);1H. The fraction of sp³-hybridized carbons (Fsp3) is 0.367. The van der Waals surface area contributed by atoms with Crippen molar-refractivity contribution in [2.75, 3.05) is 30.3 Å². The largest absolute Gasteiger partial charge is 0.359 e. The van der Waals surface area contributed by atoms with Gasteiger partial charge in [0.1, 0.15) is 5.76 Å². The normalized spacial score (nSPS) is 14.4. The van der Waals surface area contributed by atoms with Gasteiger partial charge in [-0.3, -0.25) is 9.72 Å². The molecule has 5 aromatic rings. The van der Waals surface area contributed by atoms with Crippen molar-refractivity contribution in [3.05, 3.63) is 66.1 Å². The number of nitrogens with zero attached hydrogens (tertiary/aromatic N) is 4. The lowest BCUT2D eigenvalue weighted by Crippen LogP contribution is -2.31. The molecule has 1 aliphatic rings. The molecular weight excluding hydrogens is 544 g/mol. The number of hydrogen-bond donors (Lipinski definition) is 2. The predicted molar refractivity (Wildman–Crippen MR) is 165 cm³/mol. The number of carbonyl (C=O) groups excluding carboxylic acids is 1. The molecule has 0 aliphatic carbocycles. The van der Waals surface area contributed by atoms with Crippen LogP contribution >= 0.6 is 23.7 Å². The maximum Gasteiger partial charge on any atom is 0.324 e. The third-order valence-corrected chi connectivity index (χ3v) is 8.27. The molecule has 0 saturated carbocycles. The molecule has 1 saturated heterocycles. The summed E-state index contributed by atoms with van der Waals surface area (Å²) in [7, 11) is 0. The zero-order valence-electron chi connectivity index (χ0n) is 23.1. The van der Waals surface area contributed by atoms with Crippen LogP contribution in [-0.2, 0) is 11.8 Å². The van der Waals surface area contributed by atoms with E-state index in [1.807, 2.05) is 45.0 Å². The summed E-state index contributed by atoms with van der Waals surface area (Å²) < 4.78 is 8.77. The second kappa shape index (κ2) is 11.6. The minimum atomic E-state index is -0.374. The average Bonchev–Trinajstić information content (AvgIpc) is 3.63. The number of thiazole rings is 1. The first-order valence-electron chi connectivity index (χ1n) is 13.6. The van der Waals surface area contributed by atoms with Crippen molar-refractivity contribution in [2.24, 2.45) is 0 Å². The highest BCUT2D eigenvalue weighted by molar-refractivity contribution is 7.23. The Hall–Kier alpha value is -3.40. The van der Waals surface area contributed by atoms with Gasteiger partial charge >= 0.3 is 6.03 Å². The van der Waals surface area contributed by atoms with E-state index in [4.69, 9.17) is 9.51 Å².